The van der Waals surface area contributed by atoms with Crippen molar-refractivity contribution in [3.8, 4) is 0 Å². The van der Waals surface area contributed by atoms with E-state index in [0.29, 0.717) is 0 Å². The Labute approximate surface area is 123 Å². The first-order valence-corrected chi connectivity index (χ1v) is 7.65. The van der Waals surface area contributed by atoms with Crippen LogP contribution >= 0.6 is 27.5 Å². The molecule has 0 spiro atoms. The smallest absolute Gasteiger partial charge is 0.0548 e. The van der Waals surface area contributed by atoms with Crippen LogP contribution in [0.15, 0.2) is 22.7 Å². The second-order valence-corrected chi connectivity index (χ2v) is 6.39. The van der Waals surface area contributed by atoms with Gasteiger partial charge in [0.2, 0.25) is 0 Å². The van der Waals surface area contributed by atoms with Crippen LogP contribution in [0, 0.1) is 5.92 Å². The van der Waals surface area contributed by atoms with Crippen LogP contribution in [0.5, 0.6) is 0 Å². The van der Waals surface area contributed by atoms with E-state index < -0.39 is 0 Å². The third kappa shape index (κ3) is 4.23. The lowest BCUT2D eigenvalue weighted by Gasteiger charge is -2.29. The third-order valence-electron chi connectivity index (χ3n) is 3.58. The largest absolute Gasteiger partial charge is 0.312 e. The van der Waals surface area contributed by atoms with Crippen LogP contribution in [-0.2, 0) is 6.54 Å². The Bertz CT molecular complexity index is 389. The second kappa shape index (κ2) is 6.90. The minimum atomic E-state index is 0.772. The standard InChI is InChI=1S/C14H20BrClN2/c1-18-6-4-11(5-7-18)9-17-10-12-2-3-14(16)13(15)8-12/h2-3,8,11,17H,4-7,9-10H2,1H3. The van der Waals surface area contributed by atoms with E-state index in [0.717, 1.165) is 28.5 Å². The zero-order valence-electron chi connectivity index (χ0n) is 10.8. The zero-order chi connectivity index (χ0) is 13.0. The average molecular weight is 332 g/mol. The van der Waals surface area contributed by atoms with E-state index >= 15 is 0 Å². The molecule has 4 heteroatoms. The molecular formula is C14H20BrClN2. The highest BCUT2D eigenvalue weighted by molar-refractivity contribution is 9.10. The summed E-state index contributed by atoms with van der Waals surface area (Å²) in [7, 11) is 2.20. The van der Waals surface area contributed by atoms with E-state index in [9.17, 15) is 0 Å². The summed E-state index contributed by atoms with van der Waals surface area (Å²) in [6, 6.07) is 6.11. The Kier molecular flexibility index (Phi) is 5.49. The first-order chi connectivity index (χ1) is 8.65. The molecule has 1 saturated heterocycles. The molecule has 1 aromatic carbocycles. The summed E-state index contributed by atoms with van der Waals surface area (Å²) in [4.78, 5) is 2.41. The molecule has 100 valence electrons. The fourth-order valence-corrected chi connectivity index (χ4v) is 2.88. The van der Waals surface area contributed by atoms with Crippen LogP contribution in [0.25, 0.3) is 0 Å². The molecule has 2 rings (SSSR count). The molecule has 1 aliphatic heterocycles. The van der Waals surface area contributed by atoms with Gasteiger partial charge in [0.05, 0.1) is 5.02 Å². The van der Waals surface area contributed by atoms with Crippen molar-refractivity contribution in [2.24, 2.45) is 5.92 Å². The quantitative estimate of drug-likeness (QED) is 0.908. The van der Waals surface area contributed by atoms with Gasteiger partial charge in [0.15, 0.2) is 0 Å². The van der Waals surface area contributed by atoms with E-state index in [1.807, 2.05) is 6.07 Å². The highest BCUT2D eigenvalue weighted by atomic mass is 79.9. The highest BCUT2D eigenvalue weighted by Crippen LogP contribution is 2.23. The Balaban J connectivity index is 1.73. The van der Waals surface area contributed by atoms with Crippen molar-refractivity contribution in [2.45, 2.75) is 19.4 Å². The molecule has 0 aromatic heterocycles. The van der Waals surface area contributed by atoms with Crippen molar-refractivity contribution in [2.75, 3.05) is 26.7 Å². The van der Waals surface area contributed by atoms with E-state index in [1.54, 1.807) is 0 Å². The molecule has 0 unspecified atom stereocenters. The van der Waals surface area contributed by atoms with Gasteiger partial charge >= 0.3 is 0 Å². The maximum absolute atomic E-state index is 5.98. The normalized spacial score (nSPS) is 18.2. The monoisotopic (exact) mass is 330 g/mol. The lowest BCUT2D eigenvalue weighted by molar-refractivity contribution is 0.216. The number of nitrogens with one attached hydrogen (secondary N) is 1. The van der Waals surface area contributed by atoms with Gasteiger partial charge in [-0.25, -0.2) is 0 Å². The molecule has 0 aliphatic carbocycles. The molecule has 0 atom stereocenters. The van der Waals surface area contributed by atoms with E-state index in [4.69, 9.17) is 11.6 Å². The Morgan fingerprint density at radius 1 is 1.39 bits per heavy atom. The van der Waals surface area contributed by atoms with Crippen LogP contribution in [0.1, 0.15) is 18.4 Å². The molecule has 18 heavy (non-hydrogen) atoms. The molecule has 1 aliphatic rings. The fraction of sp³-hybridized carbons (Fsp3) is 0.571. The van der Waals surface area contributed by atoms with Crippen molar-refractivity contribution < 1.29 is 0 Å². The summed E-state index contributed by atoms with van der Waals surface area (Å²) < 4.78 is 0.975. The van der Waals surface area contributed by atoms with Crippen molar-refractivity contribution in [1.29, 1.82) is 0 Å². The summed E-state index contributed by atoms with van der Waals surface area (Å²) in [6.45, 7) is 4.51. The van der Waals surface area contributed by atoms with Crippen molar-refractivity contribution >= 4 is 27.5 Å². The van der Waals surface area contributed by atoms with Crippen molar-refractivity contribution in [3.63, 3.8) is 0 Å². The van der Waals surface area contributed by atoms with Gasteiger partial charge in [-0.2, -0.15) is 0 Å². The molecule has 1 fully saturated rings. The molecule has 1 heterocycles. The van der Waals surface area contributed by atoms with Gasteiger partial charge in [-0.1, -0.05) is 17.7 Å². The predicted octanol–water partition coefficient (Wildman–Crippen LogP) is 3.53. The number of piperidine rings is 1. The summed E-state index contributed by atoms with van der Waals surface area (Å²) in [6.07, 6.45) is 2.63. The molecule has 1 N–H and O–H groups in total. The fourth-order valence-electron chi connectivity index (χ4n) is 2.34. The van der Waals surface area contributed by atoms with Crippen LogP contribution in [0.4, 0.5) is 0 Å². The zero-order valence-corrected chi connectivity index (χ0v) is 13.1. The SMILES string of the molecule is CN1CCC(CNCc2ccc(Cl)c(Br)c2)CC1. The number of likely N-dealkylation sites (tertiary alicyclic amines) is 1. The predicted molar refractivity (Wildman–Crippen MR) is 81.1 cm³/mol. The van der Waals surface area contributed by atoms with Crippen LogP contribution in [0.2, 0.25) is 5.02 Å². The summed E-state index contributed by atoms with van der Waals surface area (Å²) in [5, 5.41) is 4.32. The lowest BCUT2D eigenvalue weighted by atomic mass is 9.97. The molecule has 0 amide bonds. The average Bonchev–Trinajstić information content (AvgIpc) is 2.36. The van der Waals surface area contributed by atoms with Gasteiger partial charge < -0.3 is 10.2 Å². The van der Waals surface area contributed by atoms with E-state index in [1.165, 1.54) is 31.5 Å². The highest BCUT2D eigenvalue weighted by Gasteiger charge is 2.15. The number of hydrogen-bond donors (Lipinski definition) is 1. The maximum atomic E-state index is 5.98. The summed E-state index contributed by atoms with van der Waals surface area (Å²) >= 11 is 9.43. The second-order valence-electron chi connectivity index (χ2n) is 5.13. The Morgan fingerprint density at radius 2 is 2.11 bits per heavy atom. The number of benzene rings is 1. The van der Waals surface area contributed by atoms with Crippen molar-refractivity contribution in [3.05, 3.63) is 33.3 Å². The molecule has 2 nitrogen and oxygen atoms in total. The lowest BCUT2D eigenvalue weighted by Crippen LogP contribution is -2.34. The molecule has 1 aromatic rings. The molecule has 0 bridgehead atoms. The first-order valence-electron chi connectivity index (χ1n) is 6.48. The number of halogens is 2. The van der Waals surface area contributed by atoms with Crippen molar-refractivity contribution in [1.82, 2.24) is 10.2 Å². The minimum Gasteiger partial charge on any atom is -0.312 e. The minimum absolute atomic E-state index is 0.772. The molecule has 0 saturated carbocycles. The third-order valence-corrected chi connectivity index (χ3v) is 4.80. The number of hydrogen-bond acceptors (Lipinski definition) is 2. The first kappa shape index (κ1) is 14.3. The molecule has 0 radical (unpaired) electrons. The van der Waals surface area contributed by atoms with Gasteiger partial charge in [0, 0.05) is 11.0 Å². The van der Waals surface area contributed by atoms with E-state index in [2.05, 4.69) is 45.3 Å². The Hall–Kier alpha value is -0.0900. The van der Waals surface area contributed by atoms with Gasteiger partial charge in [-0.15, -0.1) is 0 Å². The van der Waals surface area contributed by atoms with Crippen LogP contribution in [-0.4, -0.2) is 31.6 Å². The van der Waals surface area contributed by atoms with E-state index in [-0.39, 0.29) is 0 Å². The number of nitrogens with zero attached hydrogens (tertiary/aromatic N) is 1. The van der Waals surface area contributed by atoms with Crippen LogP contribution in [0.3, 0.4) is 0 Å². The topological polar surface area (TPSA) is 15.3 Å². The summed E-state index contributed by atoms with van der Waals surface area (Å²) in [5.41, 5.74) is 1.28. The van der Waals surface area contributed by atoms with Gasteiger partial charge in [0.25, 0.3) is 0 Å². The van der Waals surface area contributed by atoms with Gasteiger partial charge in [0.1, 0.15) is 0 Å². The molecular weight excluding hydrogens is 312 g/mol. The maximum Gasteiger partial charge on any atom is 0.0548 e. The van der Waals surface area contributed by atoms with Gasteiger partial charge in [-0.05, 0) is 79.1 Å². The van der Waals surface area contributed by atoms with Gasteiger partial charge in [-0.3, -0.25) is 0 Å². The van der Waals surface area contributed by atoms with Crippen LogP contribution < -0.4 is 5.32 Å². The number of rotatable bonds is 4. The Morgan fingerprint density at radius 3 is 2.78 bits per heavy atom. The summed E-state index contributed by atoms with van der Waals surface area (Å²) in [5.74, 6) is 0.831.